The first-order chi connectivity index (χ1) is 7.07. The van der Waals surface area contributed by atoms with E-state index in [0.29, 0.717) is 0 Å². The van der Waals surface area contributed by atoms with Crippen molar-refractivity contribution in [1.82, 2.24) is 4.72 Å². The number of hydrogen-bond acceptors (Lipinski definition) is 5. The van der Waals surface area contributed by atoms with E-state index in [1.165, 1.54) is 0 Å². The van der Waals surface area contributed by atoms with Gasteiger partial charge in [0.2, 0.25) is 0 Å². The van der Waals surface area contributed by atoms with E-state index in [2.05, 4.69) is 8.91 Å². The Hall–Kier alpha value is -0.210. The molecule has 90 valence electrons. The van der Waals surface area contributed by atoms with Crippen LogP contribution in [-0.4, -0.2) is 41.6 Å². The van der Waals surface area contributed by atoms with Crippen LogP contribution in [-0.2, 0) is 24.0 Å². The number of methoxy groups -OCH3 is 1. The molecule has 0 aromatic carbocycles. The van der Waals surface area contributed by atoms with Crippen LogP contribution >= 0.6 is 0 Å². The van der Waals surface area contributed by atoms with Crippen molar-refractivity contribution in [3.05, 3.63) is 0 Å². The van der Waals surface area contributed by atoms with Crippen LogP contribution in [0.5, 0.6) is 0 Å². The second kappa shape index (κ2) is 5.76. The Bertz CT molecular complexity index is 279. The molecule has 0 radical (unpaired) electrons. The van der Waals surface area contributed by atoms with Crippen LogP contribution in [0.25, 0.3) is 0 Å². The van der Waals surface area contributed by atoms with E-state index < -0.39 is 10.3 Å². The normalized spacial score (nSPS) is 27.9. The van der Waals surface area contributed by atoms with Gasteiger partial charge in [-0.2, -0.15) is 13.1 Å². The first kappa shape index (κ1) is 12.9. The van der Waals surface area contributed by atoms with Crippen LogP contribution in [0, 0.1) is 0 Å². The second-order valence-corrected chi connectivity index (χ2v) is 4.85. The van der Waals surface area contributed by atoms with Crippen molar-refractivity contribution in [1.29, 1.82) is 0 Å². The molecule has 0 unspecified atom stereocenters. The van der Waals surface area contributed by atoms with Crippen LogP contribution in [0.15, 0.2) is 0 Å². The number of hydrogen-bond donors (Lipinski definition) is 1. The molecular formula is C8H17NO5S. The summed E-state index contributed by atoms with van der Waals surface area (Å²) in [5, 5.41) is 0. The number of rotatable bonds is 5. The van der Waals surface area contributed by atoms with Gasteiger partial charge in [0.25, 0.3) is 0 Å². The van der Waals surface area contributed by atoms with Crippen molar-refractivity contribution < 1.29 is 22.1 Å². The van der Waals surface area contributed by atoms with E-state index in [4.69, 9.17) is 9.47 Å². The Morgan fingerprint density at radius 3 is 2.73 bits per heavy atom. The Morgan fingerprint density at radius 1 is 1.40 bits per heavy atom. The van der Waals surface area contributed by atoms with Crippen LogP contribution < -0.4 is 4.72 Å². The maximum Gasteiger partial charge on any atom is 0.335 e. The van der Waals surface area contributed by atoms with Gasteiger partial charge in [0.05, 0.1) is 13.2 Å². The Kier molecular flexibility index (Phi) is 4.94. The highest BCUT2D eigenvalue weighted by molar-refractivity contribution is 7.84. The van der Waals surface area contributed by atoms with Gasteiger partial charge in [0, 0.05) is 13.7 Å². The fourth-order valence-corrected chi connectivity index (χ4v) is 1.95. The van der Waals surface area contributed by atoms with E-state index in [0.717, 1.165) is 26.4 Å². The molecule has 0 saturated carbocycles. The van der Waals surface area contributed by atoms with Crippen molar-refractivity contribution in [2.75, 3.05) is 20.8 Å². The zero-order valence-corrected chi connectivity index (χ0v) is 9.75. The van der Waals surface area contributed by atoms with Crippen molar-refractivity contribution in [2.45, 2.75) is 31.7 Å². The molecule has 1 heterocycles. The highest BCUT2D eigenvalue weighted by atomic mass is 32.2. The van der Waals surface area contributed by atoms with Crippen LogP contribution in [0.2, 0.25) is 0 Å². The van der Waals surface area contributed by atoms with Crippen molar-refractivity contribution in [3.63, 3.8) is 0 Å². The first-order valence-electron chi connectivity index (χ1n) is 4.81. The molecule has 0 spiro atoms. The highest BCUT2D eigenvalue weighted by Crippen LogP contribution is 2.18. The molecular weight excluding hydrogens is 222 g/mol. The molecule has 15 heavy (non-hydrogen) atoms. The van der Waals surface area contributed by atoms with Crippen molar-refractivity contribution in [2.24, 2.45) is 0 Å². The Morgan fingerprint density at radius 2 is 2.13 bits per heavy atom. The smallest absolute Gasteiger partial charge is 0.335 e. The minimum atomic E-state index is -3.61. The molecule has 1 fully saturated rings. The topological polar surface area (TPSA) is 73.9 Å². The zero-order chi connectivity index (χ0) is 11.3. The maximum absolute atomic E-state index is 11.0. The molecule has 6 nitrogen and oxygen atoms in total. The summed E-state index contributed by atoms with van der Waals surface area (Å²) in [6, 6.07) is 0. The third-order valence-corrected chi connectivity index (χ3v) is 3.24. The monoisotopic (exact) mass is 239 g/mol. The lowest BCUT2D eigenvalue weighted by Gasteiger charge is -2.28. The van der Waals surface area contributed by atoms with E-state index >= 15 is 0 Å². The Balaban J connectivity index is 2.33. The fourth-order valence-electron chi connectivity index (χ4n) is 1.44. The van der Waals surface area contributed by atoms with Gasteiger partial charge in [0.1, 0.15) is 0 Å². The minimum Gasteiger partial charge on any atom is -0.356 e. The molecule has 0 aromatic heterocycles. The number of ether oxygens (including phenoxy) is 2. The molecule has 7 heteroatoms. The summed E-state index contributed by atoms with van der Waals surface area (Å²) in [6.45, 7) is 0.218. The lowest BCUT2D eigenvalue weighted by molar-refractivity contribution is -0.177. The van der Waals surface area contributed by atoms with E-state index in [1.807, 2.05) is 0 Å². The summed E-state index contributed by atoms with van der Waals surface area (Å²) in [6.07, 6.45) is 2.28. The molecule has 1 aliphatic heterocycles. The van der Waals surface area contributed by atoms with Gasteiger partial charge in [-0.3, -0.25) is 4.18 Å². The minimum absolute atomic E-state index is 0.145. The largest absolute Gasteiger partial charge is 0.356 e. The van der Waals surface area contributed by atoms with Gasteiger partial charge in [-0.15, -0.1) is 0 Å². The summed E-state index contributed by atoms with van der Waals surface area (Å²) in [4.78, 5) is 0. The Labute approximate surface area is 90.1 Å². The van der Waals surface area contributed by atoms with Gasteiger partial charge < -0.3 is 9.47 Å². The third-order valence-electron chi connectivity index (χ3n) is 2.28. The lowest BCUT2D eigenvalue weighted by atomic mass is 10.1. The molecule has 1 saturated heterocycles. The highest BCUT2D eigenvalue weighted by Gasteiger charge is 2.23. The van der Waals surface area contributed by atoms with Crippen molar-refractivity contribution in [3.8, 4) is 0 Å². The molecule has 0 amide bonds. The first-order valence-corrected chi connectivity index (χ1v) is 6.21. The van der Waals surface area contributed by atoms with Crippen LogP contribution in [0.4, 0.5) is 0 Å². The fraction of sp³-hybridized carbons (Fsp3) is 1.00. The van der Waals surface area contributed by atoms with Crippen LogP contribution in [0.3, 0.4) is 0 Å². The van der Waals surface area contributed by atoms with Gasteiger partial charge in [0.15, 0.2) is 6.29 Å². The molecule has 1 rings (SSSR count). The predicted molar refractivity (Wildman–Crippen MR) is 53.5 cm³/mol. The average molecular weight is 239 g/mol. The summed E-state index contributed by atoms with van der Waals surface area (Å²) in [7, 11) is -0.925. The predicted octanol–water partition coefficient (Wildman–Crippen LogP) is 0.00880. The molecule has 1 N–H and O–H groups in total. The standard InChI is InChI=1S/C8H17NO5S/c1-12-8-5-3-4-7(14-8)6-9-15(10,11)13-2/h7-9H,3-6H2,1-2H3/t7-,8+/m0/s1. The van der Waals surface area contributed by atoms with Crippen LogP contribution in [0.1, 0.15) is 19.3 Å². The average Bonchev–Trinajstić information content (AvgIpc) is 2.27. The lowest BCUT2D eigenvalue weighted by Crippen LogP contribution is -2.39. The van der Waals surface area contributed by atoms with E-state index in [-0.39, 0.29) is 18.9 Å². The van der Waals surface area contributed by atoms with E-state index in [1.54, 1.807) is 7.11 Å². The van der Waals surface area contributed by atoms with Gasteiger partial charge in [-0.1, -0.05) is 0 Å². The molecule has 0 bridgehead atoms. The molecule has 0 aromatic rings. The zero-order valence-electron chi connectivity index (χ0n) is 8.93. The summed E-state index contributed by atoms with van der Waals surface area (Å²) in [5.41, 5.74) is 0. The second-order valence-electron chi connectivity index (χ2n) is 3.32. The number of nitrogens with one attached hydrogen (secondary N) is 1. The maximum atomic E-state index is 11.0. The van der Waals surface area contributed by atoms with Gasteiger partial charge >= 0.3 is 10.3 Å². The molecule has 1 aliphatic rings. The summed E-state index contributed by atoms with van der Waals surface area (Å²) < 4.78 is 39.0. The third kappa shape index (κ3) is 4.43. The van der Waals surface area contributed by atoms with Gasteiger partial charge in [-0.05, 0) is 19.3 Å². The molecule has 0 aliphatic carbocycles. The SMILES string of the molecule is CO[C@H]1CCC[C@@H](CNS(=O)(=O)OC)O1. The molecule has 2 atom stereocenters. The van der Waals surface area contributed by atoms with Crippen molar-refractivity contribution >= 4 is 10.3 Å². The van der Waals surface area contributed by atoms with Gasteiger partial charge in [-0.25, -0.2) is 0 Å². The quantitative estimate of drug-likeness (QED) is 0.731. The van der Waals surface area contributed by atoms with E-state index in [9.17, 15) is 8.42 Å². The summed E-state index contributed by atoms with van der Waals surface area (Å²) in [5.74, 6) is 0. The summed E-state index contributed by atoms with van der Waals surface area (Å²) >= 11 is 0.